The van der Waals surface area contributed by atoms with Gasteiger partial charge >= 0.3 is 0 Å². The molecule has 4 rings (SSSR count). The summed E-state index contributed by atoms with van der Waals surface area (Å²) in [6.07, 6.45) is 5.16. The fraction of sp³-hybridized carbons (Fsp3) is 0.600. The quantitative estimate of drug-likeness (QED) is 0.909. The fourth-order valence-corrected chi connectivity index (χ4v) is 3.85. The molecule has 1 aromatic carbocycles. The fourth-order valence-electron chi connectivity index (χ4n) is 3.64. The molecule has 0 amide bonds. The second kappa shape index (κ2) is 5.01. The number of benzene rings is 1. The Labute approximate surface area is 124 Å². The topological polar surface area (TPSA) is 33.7 Å². The highest BCUT2D eigenvalue weighted by atomic mass is 35.5. The molecule has 0 spiro atoms. The molecule has 5 heteroatoms. The van der Waals surface area contributed by atoms with Gasteiger partial charge in [-0.2, -0.15) is 0 Å². The number of ether oxygens (including phenoxy) is 2. The summed E-state index contributed by atoms with van der Waals surface area (Å²) < 4.78 is 10.8. The van der Waals surface area contributed by atoms with Crippen LogP contribution in [0.25, 0.3) is 0 Å². The Bertz CT molecular complexity index is 523. The van der Waals surface area contributed by atoms with Gasteiger partial charge < -0.3 is 14.8 Å². The van der Waals surface area contributed by atoms with Crippen LogP contribution in [0.2, 0.25) is 5.02 Å². The molecule has 2 unspecified atom stereocenters. The first-order valence-corrected chi connectivity index (χ1v) is 7.79. The van der Waals surface area contributed by atoms with E-state index in [0.29, 0.717) is 17.1 Å². The summed E-state index contributed by atoms with van der Waals surface area (Å²) in [7, 11) is 0. The van der Waals surface area contributed by atoms with Gasteiger partial charge in [-0.1, -0.05) is 18.0 Å². The first kappa shape index (κ1) is 12.6. The zero-order valence-electron chi connectivity index (χ0n) is 11.4. The number of piperidine rings is 1. The Hall–Kier alpha value is -1.13. The SMILES string of the molecule is Clc1cc2c(cc1NC1CCN3CCCCC13)OCO2. The molecule has 1 aromatic rings. The molecule has 20 heavy (non-hydrogen) atoms. The lowest BCUT2D eigenvalue weighted by Gasteiger charge is -2.33. The van der Waals surface area contributed by atoms with Crippen LogP contribution < -0.4 is 14.8 Å². The second-order valence-corrected chi connectivity index (χ2v) is 6.23. The highest BCUT2D eigenvalue weighted by Crippen LogP contribution is 2.40. The Morgan fingerprint density at radius 1 is 1.10 bits per heavy atom. The molecule has 3 aliphatic heterocycles. The van der Waals surface area contributed by atoms with Gasteiger partial charge in [-0.3, -0.25) is 4.90 Å². The van der Waals surface area contributed by atoms with E-state index < -0.39 is 0 Å². The second-order valence-electron chi connectivity index (χ2n) is 5.82. The van der Waals surface area contributed by atoms with Crippen LogP contribution in [0.15, 0.2) is 12.1 Å². The van der Waals surface area contributed by atoms with Crippen molar-refractivity contribution >= 4 is 17.3 Å². The van der Waals surface area contributed by atoms with Gasteiger partial charge in [0.05, 0.1) is 10.7 Å². The molecule has 0 radical (unpaired) electrons. The highest BCUT2D eigenvalue weighted by molar-refractivity contribution is 6.33. The maximum atomic E-state index is 6.35. The molecule has 0 aromatic heterocycles. The van der Waals surface area contributed by atoms with Crippen LogP contribution in [0.5, 0.6) is 11.5 Å². The first-order valence-electron chi connectivity index (χ1n) is 7.41. The summed E-state index contributed by atoms with van der Waals surface area (Å²) in [5.74, 6) is 1.53. The van der Waals surface area contributed by atoms with E-state index in [0.717, 1.165) is 17.2 Å². The Morgan fingerprint density at radius 3 is 2.85 bits per heavy atom. The predicted molar refractivity (Wildman–Crippen MR) is 78.8 cm³/mol. The number of nitrogens with one attached hydrogen (secondary N) is 1. The van der Waals surface area contributed by atoms with Crippen molar-refractivity contribution in [2.24, 2.45) is 0 Å². The molecule has 4 nitrogen and oxygen atoms in total. The van der Waals surface area contributed by atoms with E-state index in [-0.39, 0.29) is 6.79 Å². The Balaban J connectivity index is 1.54. The van der Waals surface area contributed by atoms with Crippen molar-refractivity contribution in [1.29, 1.82) is 0 Å². The first-order chi connectivity index (χ1) is 9.81. The van der Waals surface area contributed by atoms with Gasteiger partial charge in [0.15, 0.2) is 11.5 Å². The number of nitrogens with zero attached hydrogens (tertiary/aromatic N) is 1. The molecule has 2 saturated heterocycles. The highest BCUT2D eigenvalue weighted by Gasteiger charge is 2.35. The number of anilines is 1. The van der Waals surface area contributed by atoms with E-state index in [9.17, 15) is 0 Å². The predicted octanol–water partition coefficient (Wildman–Crippen LogP) is 3.11. The van der Waals surface area contributed by atoms with Crippen LogP contribution in [0, 0.1) is 0 Å². The van der Waals surface area contributed by atoms with Crippen molar-refractivity contribution in [3.8, 4) is 11.5 Å². The smallest absolute Gasteiger partial charge is 0.231 e. The molecule has 3 aliphatic rings. The van der Waals surface area contributed by atoms with Gasteiger partial charge in [0.25, 0.3) is 0 Å². The van der Waals surface area contributed by atoms with Gasteiger partial charge in [0.2, 0.25) is 6.79 Å². The Kier molecular flexibility index (Phi) is 3.15. The zero-order valence-corrected chi connectivity index (χ0v) is 12.2. The zero-order chi connectivity index (χ0) is 13.5. The van der Waals surface area contributed by atoms with Gasteiger partial charge in [-0.15, -0.1) is 0 Å². The molecular formula is C15H19ClN2O2. The van der Waals surface area contributed by atoms with Crippen molar-refractivity contribution in [3.05, 3.63) is 17.2 Å². The van der Waals surface area contributed by atoms with E-state index in [1.54, 1.807) is 0 Å². The molecule has 2 atom stereocenters. The largest absolute Gasteiger partial charge is 0.454 e. The number of fused-ring (bicyclic) bond motifs is 2. The van der Waals surface area contributed by atoms with Crippen molar-refractivity contribution in [2.75, 3.05) is 25.2 Å². The van der Waals surface area contributed by atoms with E-state index >= 15 is 0 Å². The van der Waals surface area contributed by atoms with Crippen molar-refractivity contribution in [3.63, 3.8) is 0 Å². The lowest BCUT2D eigenvalue weighted by molar-refractivity contribution is 0.174. The van der Waals surface area contributed by atoms with Crippen LogP contribution in [-0.4, -0.2) is 36.9 Å². The lowest BCUT2D eigenvalue weighted by atomic mass is 9.99. The summed E-state index contributed by atoms with van der Waals surface area (Å²) in [5, 5.41) is 4.34. The minimum atomic E-state index is 0.287. The molecule has 108 valence electrons. The van der Waals surface area contributed by atoms with Crippen LogP contribution >= 0.6 is 11.6 Å². The minimum Gasteiger partial charge on any atom is -0.454 e. The molecule has 0 bridgehead atoms. The average molecular weight is 295 g/mol. The summed E-state index contributed by atoms with van der Waals surface area (Å²) in [6.45, 7) is 2.73. The number of halogens is 1. The third-order valence-electron chi connectivity index (χ3n) is 4.66. The molecular weight excluding hydrogens is 276 g/mol. The van der Waals surface area contributed by atoms with Crippen molar-refractivity contribution in [2.45, 2.75) is 37.8 Å². The van der Waals surface area contributed by atoms with E-state index in [2.05, 4.69) is 10.2 Å². The number of hydrogen-bond donors (Lipinski definition) is 1. The van der Waals surface area contributed by atoms with Crippen LogP contribution in [0.4, 0.5) is 5.69 Å². The third-order valence-corrected chi connectivity index (χ3v) is 4.97. The molecule has 3 heterocycles. The van der Waals surface area contributed by atoms with Crippen molar-refractivity contribution in [1.82, 2.24) is 4.90 Å². The molecule has 1 N–H and O–H groups in total. The van der Waals surface area contributed by atoms with Crippen LogP contribution in [0.1, 0.15) is 25.7 Å². The monoisotopic (exact) mass is 294 g/mol. The normalized spacial score (nSPS) is 28.4. The number of rotatable bonds is 2. The summed E-state index contributed by atoms with van der Waals surface area (Å²) in [6, 6.07) is 4.97. The third kappa shape index (κ3) is 2.11. The Morgan fingerprint density at radius 2 is 1.95 bits per heavy atom. The van der Waals surface area contributed by atoms with Crippen LogP contribution in [-0.2, 0) is 0 Å². The van der Waals surface area contributed by atoms with Crippen LogP contribution in [0.3, 0.4) is 0 Å². The summed E-state index contributed by atoms with van der Waals surface area (Å²) >= 11 is 6.35. The van der Waals surface area contributed by atoms with E-state index in [1.165, 1.54) is 38.8 Å². The summed E-state index contributed by atoms with van der Waals surface area (Å²) in [4.78, 5) is 2.61. The van der Waals surface area contributed by atoms with Gasteiger partial charge in [0.1, 0.15) is 0 Å². The molecule has 2 fully saturated rings. The van der Waals surface area contributed by atoms with E-state index in [1.807, 2.05) is 12.1 Å². The number of hydrogen-bond acceptors (Lipinski definition) is 4. The summed E-state index contributed by atoms with van der Waals surface area (Å²) in [5.41, 5.74) is 0.966. The average Bonchev–Trinajstić information content (AvgIpc) is 3.06. The maximum absolute atomic E-state index is 6.35. The lowest BCUT2D eigenvalue weighted by Crippen LogP contribution is -2.41. The van der Waals surface area contributed by atoms with Gasteiger partial charge in [0, 0.05) is 30.8 Å². The molecule has 0 saturated carbocycles. The van der Waals surface area contributed by atoms with Crippen molar-refractivity contribution < 1.29 is 9.47 Å². The standard InChI is InChI=1S/C15H19ClN2O2/c16-10-7-14-15(20-9-19-14)8-12(10)17-11-4-6-18-5-2-1-3-13(11)18/h7-8,11,13,17H,1-6,9H2. The van der Waals surface area contributed by atoms with E-state index in [4.69, 9.17) is 21.1 Å². The maximum Gasteiger partial charge on any atom is 0.231 e. The van der Waals surface area contributed by atoms with Gasteiger partial charge in [-0.25, -0.2) is 0 Å². The molecule has 0 aliphatic carbocycles. The van der Waals surface area contributed by atoms with Gasteiger partial charge in [-0.05, 0) is 25.8 Å². The minimum absolute atomic E-state index is 0.287.